The summed E-state index contributed by atoms with van der Waals surface area (Å²) in [6, 6.07) is 1.64. The number of anilines is 1. The molecule has 2 aromatic rings. The van der Waals surface area contributed by atoms with Crippen LogP contribution in [0.25, 0.3) is 0 Å². The highest BCUT2D eigenvalue weighted by molar-refractivity contribution is 7.09. The number of aromatic nitrogens is 3. The average Bonchev–Trinajstić information content (AvgIpc) is 2.85. The number of aryl methyl sites for hydroxylation is 1. The first-order chi connectivity index (χ1) is 9.69. The molecule has 0 aromatic carbocycles. The van der Waals surface area contributed by atoms with Gasteiger partial charge in [0.1, 0.15) is 5.82 Å². The van der Waals surface area contributed by atoms with Gasteiger partial charge in [-0.15, -0.1) is 0 Å². The van der Waals surface area contributed by atoms with Crippen LogP contribution in [0.2, 0.25) is 0 Å². The molecule has 2 heterocycles. The van der Waals surface area contributed by atoms with E-state index in [9.17, 15) is 4.79 Å². The van der Waals surface area contributed by atoms with Crippen molar-refractivity contribution in [3.8, 4) is 11.8 Å². The lowest BCUT2D eigenvalue weighted by Crippen LogP contribution is -2.12. The SMILES string of the molecule is Cc1nsc(NC(=O)c2cncc(C#CCCO)c2)n1. The largest absolute Gasteiger partial charge is 0.395 e. The lowest BCUT2D eigenvalue weighted by molar-refractivity contribution is 0.102. The Morgan fingerprint density at radius 1 is 1.50 bits per heavy atom. The topological polar surface area (TPSA) is 88.0 Å². The fraction of sp³-hybridized carbons (Fsp3) is 0.231. The summed E-state index contributed by atoms with van der Waals surface area (Å²) >= 11 is 1.12. The summed E-state index contributed by atoms with van der Waals surface area (Å²) in [7, 11) is 0. The van der Waals surface area contributed by atoms with Gasteiger partial charge in [0.2, 0.25) is 5.13 Å². The molecule has 0 fully saturated rings. The number of amides is 1. The third-order valence-corrected chi connectivity index (χ3v) is 2.94. The quantitative estimate of drug-likeness (QED) is 0.829. The van der Waals surface area contributed by atoms with Crippen LogP contribution in [0.1, 0.15) is 28.2 Å². The van der Waals surface area contributed by atoms with Gasteiger partial charge in [0, 0.05) is 35.9 Å². The number of carbonyl (C=O) groups excluding carboxylic acids is 1. The van der Waals surface area contributed by atoms with Crippen molar-refractivity contribution in [2.45, 2.75) is 13.3 Å². The average molecular weight is 288 g/mol. The van der Waals surface area contributed by atoms with Crippen molar-refractivity contribution < 1.29 is 9.90 Å². The Morgan fingerprint density at radius 2 is 2.35 bits per heavy atom. The first-order valence-electron chi connectivity index (χ1n) is 5.85. The highest BCUT2D eigenvalue weighted by Gasteiger charge is 2.09. The number of nitrogens with one attached hydrogen (secondary N) is 1. The summed E-state index contributed by atoms with van der Waals surface area (Å²) in [6.07, 6.45) is 3.41. The monoisotopic (exact) mass is 288 g/mol. The van der Waals surface area contributed by atoms with Crippen LogP contribution in [-0.2, 0) is 0 Å². The molecule has 2 aromatic heterocycles. The molecule has 2 N–H and O–H groups in total. The highest BCUT2D eigenvalue weighted by atomic mass is 32.1. The van der Waals surface area contributed by atoms with Crippen molar-refractivity contribution in [1.82, 2.24) is 14.3 Å². The van der Waals surface area contributed by atoms with Crippen molar-refractivity contribution in [3.63, 3.8) is 0 Å². The number of hydrogen-bond acceptors (Lipinski definition) is 6. The second-order valence-corrected chi connectivity index (χ2v) is 4.59. The zero-order valence-corrected chi connectivity index (χ0v) is 11.6. The van der Waals surface area contributed by atoms with Crippen molar-refractivity contribution in [2.24, 2.45) is 0 Å². The van der Waals surface area contributed by atoms with Crippen LogP contribution in [0.3, 0.4) is 0 Å². The minimum absolute atomic E-state index is 0.0109. The lowest BCUT2D eigenvalue weighted by atomic mass is 10.2. The number of pyridine rings is 1. The van der Waals surface area contributed by atoms with Crippen molar-refractivity contribution in [3.05, 3.63) is 35.4 Å². The zero-order valence-electron chi connectivity index (χ0n) is 10.8. The molecule has 0 saturated heterocycles. The zero-order chi connectivity index (χ0) is 14.4. The third kappa shape index (κ3) is 3.85. The minimum atomic E-state index is -0.306. The van der Waals surface area contributed by atoms with E-state index in [1.807, 2.05) is 0 Å². The van der Waals surface area contributed by atoms with Gasteiger partial charge >= 0.3 is 0 Å². The van der Waals surface area contributed by atoms with E-state index in [1.54, 1.807) is 19.2 Å². The van der Waals surface area contributed by atoms with Gasteiger partial charge in [0.05, 0.1) is 12.2 Å². The van der Waals surface area contributed by atoms with Gasteiger partial charge in [-0.05, 0) is 13.0 Å². The summed E-state index contributed by atoms with van der Waals surface area (Å²) in [5.41, 5.74) is 1.02. The van der Waals surface area contributed by atoms with Crippen molar-refractivity contribution >= 4 is 22.6 Å². The molecule has 0 spiro atoms. The third-order valence-electron chi connectivity index (χ3n) is 2.22. The van der Waals surface area contributed by atoms with Crippen molar-refractivity contribution in [2.75, 3.05) is 11.9 Å². The molecule has 7 heteroatoms. The van der Waals surface area contributed by atoms with Gasteiger partial charge in [-0.3, -0.25) is 15.1 Å². The Bertz CT molecular complexity index is 672. The van der Waals surface area contributed by atoms with E-state index < -0.39 is 0 Å². The smallest absolute Gasteiger partial charge is 0.259 e. The standard InChI is InChI=1S/C13H12N4O2S/c1-9-15-13(20-17-9)16-12(19)11-6-10(7-14-8-11)4-2-3-5-18/h6-8,18H,3,5H2,1H3,(H,15,16,17,19). The molecule has 20 heavy (non-hydrogen) atoms. The molecule has 0 radical (unpaired) electrons. The Balaban J connectivity index is 2.10. The maximum absolute atomic E-state index is 12.0. The molecular formula is C13H12N4O2S. The molecule has 0 atom stereocenters. The molecule has 0 aliphatic carbocycles. The predicted molar refractivity (Wildman–Crippen MR) is 75.4 cm³/mol. The van der Waals surface area contributed by atoms with Crippen molar-refractivity contribution in [1.29, 1.82) is 0 Å². The summed E-state index contributed by atoms with van der Waals surface area (Å²) in [4.78, 5) is 20.0. The van der Waals surface area contributed by atoms with Gasteiger partial charge in [0.15, 0.2) is 0 Å². The first-order valence-corrected chi connectivity index (χ1v) is 6.63. The number of rotatable bonds is 3. The van der Waals surface area contributed by atoms with E-state index in [1.165, 1.54) is 6.20 Å². The van der Waals surface area contributed by atoms with Gasteiger partial charge < -0.3 is 5.11 Å². The van der Waals surface area contributed by atoms with E-state index in [-0.39, 0.29) is 12.5 Å². The maximum atomic E-state index is 12.0. The molecule has 102 valence electrons. The van der Waals surface area contributed by atoms with Crippen LogP contribution in [0.4, 0.5) is 5.13 Å². The Hall–Kier alpha value is -2.30. The number of aliphatic hydroxyl groups excluding tert-OH is 1. The minimum Gasteiger partial charge on any atom is -0.395 e. The molecule has 1 amide bonds. The van der Waals surface area contributed by atoms with Crippen LogP contribution >= 0.6 is 11.5 Å². The molecule has 0 aliphatic heterocycles. The number of hydrogen-bond donors (Lipinski definition) is 2. The Morgan fingerprint density at radius 3 is 3.05 bits per heavy atom. The molecule has 0 saturated carbocycles. The molecule has 2 rings (SSSR count). The van der Waals surface area contributed by atoms with Crippen LogP contribution in [0.15, 0.2) is 18.5 Å². The van der Waals surface area contributed by atoms with Crippen LogP contribution in [0.5, 0.6) is 0 Å². The van der Waals surface area contributed by atoms with Gasteiger partial charge in [-0.2, -0.15) is 4.37 Å². The van der Waals surface area contributed by atoms with E-state index >= 15 is 0 Å². The van der Waals surface area contributed by atoms with Gasteiger partial charge in [-0.1, -0.05) is 11.8 Å². The highest BCUT2D eigenvalue weighted by Crippen LogP contribution is 2.12. The fourth-order valence-electron chi connectivity index (χ4n) is 1.37. The summed E-state index contributed by atoms with van der Waals surface area (Å²) in [5, 5.41) is 11.8. The first kappa shape index (κ1) is 14.1. The summed E-state index contributed by atoms with van der Waals surface area (Å²) in [6.45, 7) is 1.77. The molecule has 0 aliphatic rings. The lowest BCUT2D eigenvalue weighted by Gasteiger charge is -2.00. The maximum Gasteiger partial charge on any atom is 0.259 e. The van der Waals surface area contributed by atoms with E-state index in [0.29, 0.717) is 28.5 Å². The van der Waals surface area contributed by atoms with Crippen LogP contribution in [-0.4, -0.2) is 32.0 Å². The van der Waals surface area contributed by atoms with Gasteiger partial charge in [-0.25, -0.2) is 4.98 Å². The van der Waals surface area contributed by atoms with Crippen LogP contribution in [0, 0.1) is 18.8 Å². The molecule has 6 nitrogen and oxygen atoms in total. The van der Waals surface area contributed by atoms with Crippen LogP contribution < -0.4 is 5.32 Å². The number of carbonyl (C=O) groups is 1. The van der Waals surface area contributed by atoms with E-state index in [2.05, 4.69) is 31.5 Å². The second-order valence-electron chi connectivity index (χ2n) is 3.84. The van der Waals surface area contributed by atoms with Gasteiger partial charge in [0.25, 0.3) is 5.91 Å². The van der Waals surface area contributed by atoms with E-state index in [4.69, 9.17) is 5.11 Å². The normalized spacial score (nSPS) is 9.70. The Kier molecular flexibility index (Phi) is 4.76. The molecular weight excluding hydrogens is 276 g/mol. The predicted octanol–water partition coefficient (Wildman–Crippen LogP) is 1.23. The fourth-order valence-corrected chi connectivity index (χ4v) is 1.94. The Labute approximate surface area is 120 Å². The molecule has 0 bridgehead atoms. The number of nitrogens with zero attached hydrogens (tertiary/aromatic N) is 3. The summed E-state index contributed by atoms with van der Waals surface area (Å²) in [5.74, 6) is 5.92. The summed E-state index contributed by atoms with van der Waals surface area (Å²) < 4.78 is 3.98. The second kappa shape index (κ2) is 6.75. The number of aliphatic hydroxyl groups is 1. The molecule has 0 unspecified atom stereocenters. The van der Waals surface area contributed by atoms with E-state index in [0.717, 1.165) is 11.5 Å².